The molecular weight excluding hydrogens is 244 g/mol. The van der Waals surface area contributed by atoms with E-state index in [9.17, 15) is 0 Å². The fourth-order valence-electron chi connectivity index (χ4n) is 2.31. The average molecular weight is 276 g/mol. The van der Waals surface area contributed by atoms with Gasteiger partial charge in [-0.2, -0.15) is 0 Å². The van der Waals surface area contributed by atoms with Crippen molar-refractivity contribution in [2.24, 2.45) is 5.92 Å². The summed E-state index contributed by atoms with van der Waals surface area (Å²) in [7, 11) is 0. The van der Waals surface area contributed by atoms with Crippen molar-refractivity contribution in [2.75, 3.05) is 19.6 Å². The van der Waals surface area contributed by atoms with Crippen LogP contribution in [0.3, 0.4) is 0 Å². The summed E-state index contributed by atoms with van der Waals surface area (Å²) in [6.45, 7) is 14.6. The van der Waals surface area contributed by atoms with Crippen LogP contribution in [0.15, 0.2) is 24.3 Å². The second-order valence-electron chi connectivity index (χ2n) is 5.83. The summed E-state index contributed by atoms with van der Waals surface area (Å²) < 4.78 is 0. The van der Waals surface area contributed by atoms with Gasteiger partial charge in [-0.1, -0.05) is 58.4 Å². The summed E-state index contributed by atoms with van der Waals surface area (Å²) >= 11 is 0. The quantitative estimate of drug-likeness (QED) is 0.648. The van der Waals surface area contributed by atoms with E-state index in [4.69, 9.17) is 0 Å². The molecule has 20 heavy (non-hydrogen) atoms. The van der Waals surface area contributed by atoms with Crippen LogP contribution in [0.2, 0.25) is 0 Å². The van der Waals surface area contributed by atoms with E-state index in [1.807, 2.05) is 0 Å². The van der Waals surface area contributed by atoms with Gasteiger partial charge in [-0.15, -0.1) is 0 Å². The van der Waals surface area contributed by atoms with Crippen molar-refractivity contribution in [2.45, 2.75) is 53.6 Å². The molecule has 2 nitrogen and oxygen atoms in total. The third-order valence-corrected chi connectivity index (χ3v) is 3.90. The highest BCUT2D eigenvalue weighted by Gasteiger charge is 2.07. The summed E-state index contributed by atoms with van der Waals surface area (Å²) in [5.41, 5.74) is 2.81. The van der Waals surface area contributed by atoms with Gasteiger partial charge in [-0.05, 0) is 36.6 Å². The molecule has 2 heteroatoms. The van der Waals surface area contributed by atoms with Crippen molar-refractivity contribution in [3.63, 3.8) is 0 Å². The maximum atomic E-state index is 3.45. The zero-order valence-electron chi connectivity index (χ0n) is 13.8. The molecule has 0 bridgehead atoms. The predicted molar refractivity (Wildman–Crippen MR) is 88.8 cm³/mol. The van der Waals surface area contributed by atoms with Crippen LogP contribution >= 0.6 is 0 Å². The second kappa shape index (κ2) is 9.95. The van der Waals surface area contributed by atoms with E-state index in [2.05, 4.69) is 62.2 Å². The SMILES string of the molecule is CCCNCc1ccc(CN(CC)CC(C)CC)cc1. The first-order valence-electron chi connectivity index (χ1n) is 8.20. The zero-order valence-corrected chi connectivity index (χ0v) is 13.8. The highest BCUT2D eigenvalue weighted by atomic mass is 15.1. The van der Waals surface area contributed by atoms with E-state index >= 15 is 0 Å². The molecule has 0 aromatic heterocycles. The lowest BCUT2D eigenvalue weighted by Crippen LogP contribution is -2.27. The van der Waals surface area contributed by atoms with Crippen molar-refractivity contribution in [3.05, 3.63) is 35.4 Å². The molecule has 0 saturated heterocycles. The van der Waals surface area contributed by atoms with Crippen LogP contribution in [-0.2, 0) is 13.1 Å². The molecule has 0 fully saturated rings. The Labute approximate surface area is 125 Å². The Morgan fingerprint density at radius 3 is 2.25 bits per heavy atom. The van der Waals surface area contributed by atoms with Crippen LogP contribution in [0.1, 0.15) is 51.7 Å². The lowest BCUT2D eigenvalue weighted by Gasteiger charge is -2.23. The Morgan fingerprint density at radius 2 is 1.70 bits per heavy atom. The van der Waals surface area contributed by atoms with Crippen LogP contribution in [0.5, 0.6) is 0 Å². The molecule has 1 N–H and O–H groups in total. The minimum atomic E-state index is 0.785. The smallest absolute Gasteiger partial charge is 0.0233 e. The van der Waals surface area contributed by atoms with Crippen LogP contribution in [0.25, 0.3) is 0 Å². The molecule has 0 saturated carbocycles. The Balaban J connectivity index is 2.46. The first-order chi connectivity index (χ1) is 9.69. The van der Waals surface area contributed by atoms with Gasteiger partial charge in [-0.25, -0.2) is 0 Å². The highest BCUT2D eigenvalue weighted by Crippen LogP contribution is 2.11. The summed E-state index contributed by atoms with van der Waals surface area (Å²) in [5, 5.41) is 3.45. The predicted octanol–water partition coefficient (Wildman–Crippen LogP) is 4.05. The van der Waals surface area contributed by atoms with Gasteiger partial charge in [0.05, 0.1) is 0 Å². The van der Waals surface area contributed by atoms with Crippen molar-refractivity contribution < 1.29 is 0 Å². The largest absolute Gasteiger partial charge is 0.313 e. The lowest BCUT2D eigenvalue weighted by atomic mass is 10.1. The molecule has 114 valence electrons. The molecule has 1 unspecified atom stereocenters. The normalized spacial score (nSPS) is 12.8. The molecule has 0 radical (unpaired) electrons. The Hall–Kier alpha value is -0.860. The van der Waals surface area contributed by atoms with Gasteiger partial charge in [0, 0.05) is 19.6 Å². The third-order valence-electron chi connectivity index (χ3n) is 3.90. The van der Waals surface area contributed by atoms with E-state index in [0.29, 0.717) is 0 Å². The molecule has 0 heterocycles. The van der Waals surface area contributed by atoms with Gasteiger partial charge in [0.1, 0.15) is 0 Å². The number of benzene rings is 1. The van der Waals surface area contributed by atoms with Crippen molar-refractivity contribution in [1.82, 2.24) is 10.2 Å². The molecule has 0 spiro atoms. The Bertz CT molecular complexity index is 345. The van der Waals surface area contributed by atoms with E-state index in [1.165, 1.54) is 30.5 Å². The van der Waals surface area contributed by atoms with Gasteiger partial charge < -0.3 is 5.32 Å². The summed E-state index contributed by atoms with van der Waals surface area (Å²) in [4.78, 5) is 2.54. The van der Waals surface area contributed by atoms with Gasteiger partial charge in [-0.3, -0.25) is 4.90 Å². The summed E-state index contributed by atoms with van der Waals surface area (Å²) in [6.07, 6.45) is 2.46. The number of hydrogen-bond donors (Lipinski definition) is 1. The minimum Gasteiger partial charge on any atom is -0.313 e. The topological polar surface area (TPSA) is 15.3 Å². The monoisotopic (exact) mass is 276 g/mol. The lowest BCUT2D eigenvalue weighted by molar-refractivity contribution is 0.238. The van der Waals surface area contributed by atoms with Crippen LogP contribution in [-0.4, -0.2) is 24.5 Å². The third kappa shape index (κ3) is 6.53. The van der Waals surface area contributed by atoms with Gasteiger partial charge in [0.15, 0.2) is 0 Å². The molecule has 0 aliphatic heterocycles. The van der Waals surface area contributed by atoms with E-state index in [-0.39, 0.29) is 0 Å². The molecule has 0 amide bonds. The Kier molecular flexibility index (Phi) is 8.56. The summed E-state index contributed by atoms with van der Waals surface area (Å²) in [6, 6.07) is 9.08. The van der Waals surface area contributed by atoms with E-state index in [0.717, 1.165) is 32.1 Å². The van der Waals surface area contributed by atoms with Crippen LogP contribution in [0, 0.1) is 5.92 Å². The maximum Gasteiger partial charge on any atom is 0.0233 e. The fraction of sp³-hybridized carbons (Fsp3) is 0.667. The highest BCUT2D eigenvalue weighted by molar-refractivity contribution is 5.22. The molecular formula is C18H32N2. The first-order valence-corrected chi connectivity index (χ1v) is 8.20. The maximum absolute atomic E-state index is 3.45. The molecule has 1 aromatic rings. The van der Waals surface area contributed by atoms with Gasteiger partial charge in [0.25, 0.3) is 0 Å². The standard InChI is InChI=1S/C18H32N2/c1-5-12-19-13-17-8-10-18(11-9-17)15-20(7-3)14-16(4)6-2/h8-11,16,19H,5-7,12-15H2,1-4H3. The van der Waals surface area contributed by atoms with Crippen LogP contribution < -0.4 is 5.32 Å². The molecule has 1 atom stereocenters. The fourth-order valence-corrected chi connectivity index (χ4v) is 2.31. The molecule has 1 rings (SSSR count). The number of rotatable bonds is 10. The molecule has 0 aliphatic carbocycles. The van der Waals surface area contributed by atoms with Gasteiger partial charge in [0.2, 0.25) is 0 Å². The van der Waals surface area contributed by atoms with Crippen molar-refractivity contribution in [1.29, 1.82) is 0 Å². The second-order valence-corrected chi connectivity index (χ2v) is 5.83. The first kappa shape index (κ1) is 17.2. The minimum absolute atomic E-state index is 0.785. The molecule has 1 aromatic carbocycles. The molecule has 0 aliphatic rings. The van der Waals surface area contributed by atoms with E-state index in [1.54, 1.807) is 0 Å². The van der Waals surface area contributed by atoms with Crippen molar-refractivity contribution >= 4 is 0 Å². The summed E-state index contributed by atoms with van der Waals surface area (Å²) in [5.74, 6) is 0.785. The average Bonchev–Trinajstić information content (AvgIpc) is 2.48. The Morgan fingerprint density at radius 1 is 1.05 bits per heavy atom. The van der Waals surface area contributed by atoms with Gasteiger partial charge >= 0.3 is 0 Å². The number of nitrogens with zero attached hydrogens (tertiary/aromatic N) is 1. The number of hydrogen-bond acceptors (Lipinski definition) is 2. The van der Waals surface area contributed by atoms with Crippen molar-refractivity contribution in [3.8, 4) is 0 Å². The zero-order chi connectivity index (χ0) is 14.8. The van der Waals surface area contributed by atoms with E-state index < -0.39 is 0 Å². The van der Waals surface area contributed by atoms with Crippen LogP contribution in [0.4, 0.5) is 0 Å². The number of nitrogens with one attached hydrogen (secondary N) is 1.